The lowest BCUT2D eigenvalue weighted by molar-refractivity contribution is -0.121. The third-order valence-electron chi connectivity index (χ3n) is 4.22. The van der Waals surface area contributed by atoms with Gasteiger partial charge in [-0.05, 0) is 24.8 Å². The quantitative estimate of drug-likeness (QED) is 0.546. The average molecular weight is 272 g/mol. The Morgan fingerprint density at radius 3 is 2.70 bits per heavy atom. The van der Waals surface area contributed by atoms with Crippen LogP contribution >= 0.6 is 0 Å². The van der Waals surface area contributed by atoms with Crippen molar-refractivity contribution in [3.8, 4) is 0 Å². The van der Waals surface area contributed by atoms with Crippen LogP contribution in [0, 0.1) is 5.92 Å². The summed E-state index contributed by atoms with van der Waals surface area (Å²) >= 11 is 0. The van der Waals surface area contributed by atoms with Crippen LogP contribution in [0.25, 0.3) is 0 Å². The second-order valence-electron chi connectivity index (χ2n) is 5.74. The Hall–Kier alpha value is -1.44. The van der Waals surface area contributed by atoms with Gasteiger partial charge in [-0.15, -0.1) is 0 Å². The van der Waals surface area contributed by atoms with Crippen molar-refractivity contribution in [3.05, 3.63) is 35.4 Å². The van der Waals surface area contributed by atoms with Gasteiger partial charge in [0.25, 0.3) is 0 Å². The first kappa shape index (κ1) is 15.0. The fraction of sp³-hybridized carbons (Fsp3) is 0.556. The molecule has 1 aliphatic rings. The molecular formula is C18H24O2. The molecule has 2 rings (SSSR count). The highest BCUT2D eigenvalue weighted by molar-refractivity contribution is 6.12. The molecule has 0 heterocycles. The molecule has 1 aromatic rings. The van der Waals surface area contributed by atoms with Gasteiger partial charge >= 0.3 is 0 Å². The predicted molar refractivity (Wildman–Crippen MR) is 81.0 cm³/mol. The number of aryl methyl sites for hydroxylation is 1. The van der Waals surface area contributed by atoms with Crippen LogP contribution in [-0.4, -0.2) is 11.6 Å². The largest absolute Gasteiger partial charge is 0.299 e. The molecule has 0 amide bonds. The minimum absolute atomic E-state index is 0.0467. The highest BCUT2D eigenvalue weighted by atomic mass is 16.1. The minimum Gasteiger partial charge on any atom is -0.299 e. The van der Waals surface area contributed by atoms with Crippen molar-refractivity contribution >= 4 is 11.6 Å². The molecule has 1 unspecified atom stereocenters. The summed E-state index contributed by atoms with van der Waals surface area (Å²) in [5.41, 5.74) is 1.87. The van der Waals surface area contributed by atoms with Crippen LogP contribution in [0.5, 0.6) is 0 Å². The predicted octanol–water partition coefficient (Wildman–Crippen LogP) is 4.36. The number of carbonyl (C=O) groups is 2. The third-order valence-corrected chi connectivity index (χ3v) is 4.22. The van der Waals surface area contributed by atoms with Crippen molar-refractivity contribution in [1.29, 1.82) is 0 Å². The van der Waals surface area contributed by atoms with Crippen LogP contribution in [0.3, 0.4) is 0 Å². The lowest BCUT2D eigenvalue weighted by Crippen LogP contribution is -2.29. The standard InChI is InChI=1S/C18H24O2/c1-2-3-4-5-6-11-17(19)16-13-12-14-9-7-8-10-15(14)18(16)20/h7-10,16H,2-6,11-13H2,1H3. The molecule has 1 aliphatic carbocycles. The number of rotatable bonds is 7. The van der Waals surface area contributed by atoms with Gasteiger partial charge in [-0.1, -0.05) is 56.9 Å². The van der Waals surface area contributed by atoms with E-state index in [2.05, 4.69) is 6.92 Å². The van der Waals surface area contributed by atoms with Crippen LogP contribution in [-0.2, 0) is 11.2 Å². The van der Waals surface area contributed by atoms with E-state index in [0.717, 1.165) is 30.4 Å². The molecule has 0 N–H and O–H groups in total. The molecule has 1 aromatic carbocycles. The van der Waals surface area contributed by atoms with Crippen LogP contribution < -0.4 is 0 Å². The van der Waals surface area contributed by atoms with E-state index >= 15 is 0 Å². The van der Waals surface area contributed by atoms with Crippen LogP contribution in [0.4, 0.5) is 0 Å². The van der Waals surface area contributed by atoms with Crippen LogP contribution in [0.1, 0.15) is 67.8 Å². The second-order valence-corrected chi connectivity index (χ2v) is 5.74. The first-order valence-corrected chi connectivity index (χ1v) is 7.89. The van der Waals surface area contributed by atoms with Crippen molar-refractivity contribution in [3.63, 3.8) is 0 Å². The molecule has 0 bridgehead atoms. The van der Waals surface area contributed by atoms with E-state index in [1.165, 1.54) is 19.3 Å². The van der Waals surface area contributed by atoms with Crippen LogP contribution in [0.15, 0.2) is 24.3 Å². The molecule has 0 saturated carbocycles. The summed E-state index contributed by atoms with van der Waals surface area (Å²) in [5, 5.41) is 0. The van der Waals surface area contributed by atoms with E-state index in [9.17, 15) is 9.59 Å². The van der Waals surface area contributed by atoms with Gasteiger partial charge in [0.15, 0.2) is 5.78 Å². The van der Waals surface area contributed by atoms with Gasteiger partial charge in [-0.25, -0.2) is 0 Å². The van der Waals surface area contributed by atoms with E-state index in [1.54, 1.807) is 0 Å². The monoisotopic (exact) mass is 272 g/mol. The first-order valence-electron chi connectivity index (χ1n) is 7.89. The molecular weight excluding hydrogens is 248 g/mol. The Kier molecular flexibility index (Phi) is 5.51. The minimum atomic E-state index is -0.379. The van der Waals surface area contributed by atoms with Crippen LogP contribution in [0.2, 0.25) is 0 Å². The fourth-order valence-electron chi connectivity index (χ4n) is 2.98. The zero-order valence-corrected chi connectivity index (χ0v) is 12.4. The number of benzene rings is 1. The number of carbonyl (C=O) groups excluding carboxylic acids is 2. The topological polar surface area (TPSA) is 34.1 Å². The summed E-state index contributed by atoms with van der Waals surface area (Å²) < 4.78 is 0. The van der Waals surface area contributed by atoms with Gasteiger partial charge < -0.3 is 0 Å². The summed E-state index contributed by atoms with van der Waals surface area (Å²) in [6.45, 7) is 2.18. The maximum absolute atomic E-state index is 12.4. The number of hydrogen-bond donors (Lipinski definition) is 0. The van der Waals surface area contributed by atoms with Gasteiger partial charge in [0.05, 0.1) is 5.92 Å². The van der Waals surface area contributed by atoms with E-state index in [0.29, 0.717) is 12.8 Å². The third kappa shape index (κ3) is 3.56. The van der Waals surface area contributed by atoms with E-state index in [1.807, 2.05) is 24.3 Å². The molecule has 0 aromatic heterocycles. The fourth-order valence-corrected chi connectivity index (χ4v) is 2.98. The Balaban J connectivity index is 1.87. The Morgan fingerprint density at radius 2 is 1.90 bits per heavy atom. The van der Waals surface area contributed by atoms with E-state index < -0.39 is 0 Å². The molecule has 0 fully saturated rings. The zero-order valence-electron chi connectivity index (χ0n) is 12.4. The number of hydrogen-bond acceptors (Lipinski definition) is 2. The summed E-state index contributed by atoms with van der Waals surface area (Å²) in [6.07, 6.45) is 7.82. The van der Waals surface area contributed by atoms with Crippen molar-refractivity contribution in [2.24, 2.45) is 5.92 Å². The first-order chi connectivity index (χ1) is 9.74. The summed E-state index contributed by atoms with van der Waals surface area (Å²) in [6, 6.07) is 7.70. The highest BCUT2D eigenvalue weighted by Gasteiger charge is 2.31. The second kappa shape index (κ2) is 7.37. The summed E-state index contributed by atoms with van der Waals surface area (Å²) in [5.74, 6) is -0.178. The van der Waals surface area contributed by atoms with Crippen molar-refractivity contribution in [2.45, 2.75) is 58.3 Å². The molecule has 2 heteroatoms. The molecule has 0 saturated heterocycles. The molecule has 0 spiro atoms. The van der Waals surface area contributed by atoms with Gasteiger partial charge in [0.2, 0.25) is 0 Å². The van der Waals surface area contributed by atoms with Gasteiger partial charge in [-0.3, -0.25) is 9.59 Å². The Morgan fingerprint density at radius 1 is 1.15 bits per heavy atom. The SMILES string of the molecule is CCCCCCCC(=O)C1CCc2ccccc2C1=O. The number of ketones is 2. The zero-order chi connectivity index (χ0) is 14.4. The molecule has 20 heavy (non-hydrogen) atoms. The number of Topliss-reactive ketones (excluding diaryl/α,β-unsaturated/α-hetero) is 2. The summed E-state index contributed by atoms with van der Waals surface area (Å²) in [7, 11) is 0. The van der Waals surface area contributed by atoms with Gasteiger partial charge in [-0.2, -0.15) is 0 Å². The molecule has 108 valence electrons. The molecule has 0 radical (unpaired) electrons. The summed E-state index contributed by atoms with van der Waals surface area (Å²) in [4.78, 5) is 24.6. The molecule has 2 nitrogen and oxygen atoms in total. The van der Waals surface area contributed by atoms with Gasteiger partial charge in [0.1, 0.15) is 5.78 Å². The van der Waals surface area contributed by atoms with Gasteiger partial charge in [0, 0.05) is 12.0 Å². The van der Waals surface area contributed by atoms with Crippen molar-refractivity contribution in [1.82, 2.24) is 0 Å². The molecule has 0 aliphatic heterocycles. The maximum Gasteiger partial charge on any atom is 0.173 e. The van der Waals surface area contributed by atoms with E-state index in [4.69, 9.17) is 0 Å². The Bertz CT molecular complexity index is 476. The van der Waals surface area contributed by atoms with Crippen molar-refractivity contribution in [2.75, 3.05) is 0 Å². The lowest BCUT2D eigenvalue weighted by Gasteiger charge is -2.22. The average Bonchev–Trinajstić information content (AvgIpc) is 2.47. The lowest BCUT2D eigenvalue weighted by atomic mass is 9.79. The van der Waals surface area contributed by atoms with E-state index in [-0.39, 0.29) is 17.5 Å². The highest BCUT2D eigenvalue weighted by Crippen LogP contribution is 2.27. The Labute approximate surface area is 121 Å². The molecule has 1 atom stereocenters. The normalized spacial score (nSPS) is 17.9. The van der Waals surface area contributed by atoms with Crippen molar-refractivity contribution < 1.29 is 9.59 Å². The number of fused-ring (bicyclic) bond motifs is 1. The maximum atomic E-state index is 12.4. The number of unbranched alkanes of at least 4 members (excludes halogenated alkanes) is 4. The smallest absolute Gasteiger partial charge is 0.173 e.